The van der Waals surface area contributed by atoms with Crippen LogP contribution < -0.4 is 9.64 Å². The SMILES string of the molecule is C=C1CN2C[C@H](F)C[C@@]2(COc2nc(N3C[C@H]4CC[C@@H](C3)N4C(=O)OC(C)(C)C)c3cnc(Cl)c(F)c3n2)C1. The number of ether oxygens (including phenoxy) is 2. The summed E-state index contributed by atoms with van der Waals surface area (Å²) in [5, 5.41) is 0.119. The Morgan fingerprint density at radius 3 is 2.64 bits per heavy atom. The van der Waals surface area contributed by atoms with Gasteiger partial charge in [-0.1, -0.05) is 23.8 Å². The topological polar surface area (TPSA) is 83.9 Å². The highest BCUT2D eigenvalue weighted by Crippen LogP contribution is 2.42. The van der Waals surface area contributed by atoms with Crippen molar-refractivity contribution in [3.63, 3.8) is 0 Å². The average Bonchev–Trinajstić information content (AvgIpc) is 3.42. The molecule has 0 unspecified atom stereocenters. The molecular formula is C27H33ClF2N6O3. The molecule has 2 aromatic rings. The molecule has 0 saturated carbocycles. The van der Waals surface area contributed by atoms with Crippen LogP contribution in [0.5, 0.6) is 6.01 Å². The number of hydrogen-bond donors (Lipinski definition) is 0. The van der Waals surface area contributed by atoms with Gasteiger partial charge in [-0.2, -0.15) is 9.97 Å². The minimum absolute atomic E-state index is 0.00488. The molecule has 4 atom stereocenters. The van der Waals surface area contributed by atoms with Gasteiger partial charge in [-0.25, -0.2) is 18.6 Å². The number of anilines is 1. The maximum atomic E-state index is 15.2. The summed E-state index contributed by atoms with van der Waals surface area (Å²) in [7, 11) is 0. The predicted octanol–water partition coefficient (Wildman–Crippen LogP) is 4.53. The van der Waals surface area contributed by atoms with Gasteiger partial charge in [0.25, 0.3) is 0 Å². The van der Waals surface area contributed by atoms with Crippen molar-refractivity contribution in [1.82, 2.24) is 24.8 Å². The van der Waals surface area contributed by atoms with Gasteiger partial charge in [0, 0.05) is 38.8 Å². The number of fused-ring (bicyclic) bond motifs is 4. The predicted molar refractivity (Wildman–Crippen MR) is 142 cm³/mol. The summed E-state index contributed by atoms with van der Waals surface area (Å²) in [5.41, 5.74) is -0.0561. The minimum Gasteiger partial charge on any atom is -0.461 e. The quantitative estimate of drug-likeness (QED) is 0.397. The molecule has 0 N–H and O–H groups in total. The lowest BCUT2D eigenvalue weighted by molar-refractivity contribution is 0.0122. The molecule has 12 heteroatoms. The maximum Gasteiger partial charge on any atom is 0.410 e. The van der Waals surface area contributed by atoms with Gasteiger partial charge >= 0.3 is 12.1 Å². The molecular weight excluding hydrogens is 530 g/mol. The van der Waals surface area contributed by atoms with Crippen molar-refractivity contribution in [2.24, 2.45) is 0 Å². The lowest BCUT2D eigenvalue weighted by Crippen LogP contribution is -2.57. The Balaban J connectivity index is 1.30. The van der Waals surface area contributed by atoms with Crippen molar-refractivity contribution < 1.29 is 23.0 Å². The summed E-state index contributed by atoms with van der Waals surface area (Å²) in [5.74, 6) is -0.282. The van der Waals surface area contributed by atoms with E-state index in [2.05, 4.69) is 21.4 Å². The molecule has 0 spiro atoms. The summed E-state index contributed by atoms with van der Waals surface area (Å²) >= 11 is 6.01. The largest absolute Gasteiger partial charge is 0.461 e. The Kier molecular flexibility index (Phi) is 6.37. The first-order valence-corrected chi connectivity index (χ1v) is 13.8. The van der Waals surface area contributed by atoms with E-state index >= 15 is 4.39 Å². The number of pyridine rings is 1. The van der Waals surface area contributed by atoms with E-state index in [1.54, 1.807) is 0 Å². The third kappa shape index (κ3) is 4.77. The van der Waals surface area contributed by atoms with Gasteiger partial charge < -0.3 is 14.4 Å². The first-order valence-electron chi connectivity index (χ1n) is 13.4. The van der Waals surface area contributed by atoms with Crippen LogP contribution in [0.4, 0.5) is 19.4 Å². The molecule has 4 aliphatic heterocycles. The Labute approximate surface area is 231 Å². The number of nitrogens with zero attached hydrogens (tertiary/aromatic N) is 6. The van der Waals surface area contributed by atoms with Gasteiger partial charge in [-0.15, -0.1) is 0 Å². The second-order valence-corrected chi connectivity index (χ2v) is 12.6. The minimum atomic E-state index is -0.936. The number of carbonyl (C=O) groups is 1. The van der Waals surface area contributed by atoms with Crippen molar-refractivity contribution in [1.29, 1.82) is 0 Å². The Hall–Kier alpha value is -2.79. The monoisotopic (exact) mass is 562 g/mol. The fraction of sp³-hybridized carbons (Fsp3) is 0.630. The van der Waals surface area contributed by atoms with Crippen LogP contribution in [0.25, 0.3) is 10.9 Å². The van der Waals surface area contributed by atoms with Crippen LogP contribution in [0.3, 0.4) is 0 Å². The Morgan fingerprint density at radius 1 is 1.23 bits per heavy atom. The van der Waals surface area contributed by atoms with Crippen molar-refractivity contribution >= 4 is 34.4 Å². The van der Waals surface area contributed by atoms with Gasteiger partial charge in [-0.05, 0) is 40.0 Å². The average molecular weight is 563 g/mol. The van der Waals surface area contributed by atoms with E-state index in [0.29, 0.717) is 50.2 Å². The molecule has 4 aliphatic rings. The number of aromatic nitrogens is 3. The fourth-order valence-electron chi connectivity index (χ4n) is 6.64. The first-order chi connectivity index (χ1) is 18.4. The molecule has 210 valence electrons. The third-order valence-corrected chi connectivity index (χ3v) is 8.40. The second-order valence-electron chi connectivity index (χ2n) is 12.3. The van der Waals surface area contributed by atoms with Gasteiger partial charge in [0.2, 0.25) is 0 Å². The molecule has 6 rings (SSSR count). The van der Waals surface area contributed by atoms with Crippen LogP contribution in [-0.4, -0.2) is 93.0 Å². The highest BCUT2D eigenvalue weighted by Gasteiger charge is 2.51. The molecule has 2 aromatic heterocycles. The molecule has 6 heterocycles. The number of carbonyl (C=O) groups excluding carboxylic acids is 1. The van der Waals surface area contributed by atoms with E-state index in [1.165, 1.54) is 6.20 Å². The van der Waals surface area contributed by atoms with E-state index < -0.39 is 23.1 Å². The van der Waals surface area contributed by atoms with Gasteiger partial charge in [0.15, 0.2) is 11.0 Å². The van der Waals surface area contributed by atoms with Crippen LogP contribution in [-0.2, 0) is 4.74 Å². The normalized spacial score (nSPS) is 28.9. The van der Waals surface area contributed by atoms with E-state index in [-0.39, 0.29) is 41.5 Å². The zero-order valence-electron chi connectivity index (χ0n) is 22.4. The zero-order chi connectivity index (χ0) is 27.7. The molecule has 0 radical (unpaired) electrons. The lowest BCUT2D eigenvalue weighted by atomic mass is 9.93. The number of amides is 1. The molecule has 0 aromatic carbocycles. The Bertz CT molecular complexity index is 1320. The lowest BCUT2D eigenvalue weighted by Gasteiger charge is -2.42. The second kappa shape index (κ2) is 9.40. The van der Waals surface area contributed by atoms with E-state index in [4.69, 9.17) is 26.1 Å². The standard InChI is InChI=1S/C27H33ClF2N6O3/c1-15-7-27(8-16(29)11-35(27)10-15)14-38-24-32-21-19(9-31-22(28)20(21)30)23(33-24)34-12-17-5-6-18(13-34)36(17)25(37)39-26(2,3)4/h9,16-18H,1,5-8,10-14H2,2-4H3/t16-,17-,18+,27-/m1/s1. The van der Waals surface area contributed by atoms with Crippen molar-refractivity contribution in [2.45, 2.75) is 75.8 Å². The molecule has 1 amide bonds. The molecule has 2 bridgehead atoms. The Morgan fingerprint density at radius 2 is 1.95 bits per heavy atom. The highest BCUT2D eigenvalue weighted by molar-refractivity contribution is 6.30. The van der Waals surface area contributed by atoms with Crippen LogP contribution in [0.2, 0.25) is 5.15 Å². The first kappa shape index (κ1) is 26.4. The number of halogens is 3. The molecule has 9 nitrogen and oxygen atoms in total. The highest BCUT2D eigenvalue weighted by atomic mass is 35.5. The number of hydrogen-bond acceptors (Lipinski definition) is 8. The summed E-state index contributed by atoms with van der Waals surface area (Å²) in [6.45, 7) is 11.8. The summed E-state index contributed by atoms with van der Waals surface area (Å²) < 4.78 is 41.3. The van der Waals surface area contributed by atoms with Gasteiger partial charge in [-0.3, -0.25) is 9.80 Å². The van der Waals surface area contributed by atoms with Crippen molar-refractivity contribution in [2.75, 3.05) is 37.7 Å². The summed E-state index contributed by atoms with van der Waals surface area (Å²) in [6, 6.07) is -0.153. The van der Waals surface area contributed by atoms with Crippen LogP contribution in [0, 0.1) is 5.82 Å². The number of rotatable bonds is 4. The maximum absolute atomic E-state index is 15.2. The molecule has 39 heavy (non-hydrogen) atoms. The summed E-state index contributed by atoms with van der Waals surface area (Å²) in [6.07, 6.45) is 2.84. The zero-order valence-corrected chi connectivity index (χ0v) is 23.2. The van der Waals surface area contributed by atoms with Gasteiger partial charge in [0.1, 0.15) is 29.7 Å². The van der Waals surface area contributed by atoms with E-state index in [9.17, 15) is 9.18 Å². The fourth-order valence-corrected chi connectivity index (χ4v) is 6.78. The van der Waals surface area contributed by atoms with Crippen molar-refractivity contribution in [3.8, 4) is 6.01 Å². The van der Waals surface area contributed by atoms with E-state index in [1.807, 2.05) is 30.6 Å². The van der Waals surface area contributed by atoms with Crippen LogP contribution >= 0.6 is 11.6 Å². The van der Waals surface area contributed by atoms with Gasteiger partial charge in [0.05, 0.1) is 23.0 Å². The number of alkyl halides is 1. The van der Waals surface area contributed by atoms with Crippen molar-refractivity contribution in [3.05, 3.63) is 29.3 Å². The summed E-state index contributed by atoms with van der Waals surface area (Å²) in [4.78, 5) is 31.9. The van der Waals surface area contributed by atoms with Crippen LogP contribution in [0.1, 0.15) is 46.5 Å². The van der Waals surface area contributed by atoms with E-state index in [0.717, 1.165) is 18.4 Å². The molecule has 4 fully saturated rings. The number of piperazine rings is 1. The molecule has 0 aliphatic carbocycles. The van der Waals surface area contributed by atoms with Crippen LogP contribution in [0.15, 0.2) is 18.3 Å². The molecule has 4 saturated heterocycles. The smallest absolute Gasteiger partial charge is 0.410 e. The third-order valence-electron chi connectivity index (χ3n) is 8.14.